The zero-order valence-electron chi connectivity index (χ0n) is 9.54. The summed E-state index contributed by atoms with van der Waals surface area (Å²) in [5.74, 6) is 0.226. The minimum atomic E-state index is 0.226. The van der Waals surface area contributed by atoms with Crippen LogP contribution in [-0.4, -0.2) is 15.8 Å². The standard InChI is InChI=1S/C14H14N2O/c17-14(10-12-4-3-8-15-11-12)7-6-13-5-1-2-9-16-13/h1-5,8-9,11H,6-7,10H2. The van der Waals surface area contributed by atoms with E-state index in [-0.39, 0.29) is 5.78 Å². The first-order valence-corrected chi connectivity index (χ1v) is 5.65. The van der Waals surface area contributed by atoms with Gasteiger partial charge in [0, 0.05) is 37.1 Å². The monoisotopic (exact) mass is 226 g/mol. The maximum atomic E-state index is 11.7. The largest absolute Gasteiger partial charge is 0.299 e. The van der Waals surface area contributed by atoms with Gasteiger partial charge in [0.05, 0.1) is 0 Å². The Kier molecular flexibility index (Phi) is 3.97. The molecule has 2 heterocycles. The minimum absolute atomic E-state index is 0.226. The molecule has 2 rings (SSSR count). The fraction of sp³-hybridized carbons (Fsp3) is 0.214. The van der Waals surface area contributed by atoms with E-state index in [1.54, 1.807) is 18.6 Å². The van der Waals surface area contributed by atoms with Crippen LogP contribution in [0.2, 0.25) is 0 Å². The van der Waals surface area contributed by atoms with Gasteiger partial charge in [-0.15, -0.1) is 0 Å². The fourth-order valence-corrected chi connectivity index (χ4v) is 1.63. The topological polar surface area (TPSA) is 42.9 Å². The molecule has 0 aliphatic carbocycles. The molecule has 0 N–H and O–H groups in total. The van der Waals surface area contributed by atoms with E-state index in [0.717, 1.165) is 11.3 Å². The molecule has 0 aliphatic heterocycles. The number of carbonyl (C=O) groups is 1. The molecule has 0 radical (unpaired) electrons. The van der Waals surface area contributed by atoms with E-state index >= 15 is 0 Å². The van der Waals surface area contributed by atoms with E-state index in [0.29, 0.717) is 19.3 Å². The highest BCUT2D eigenvalue weighted by atomic mass is 16.1. The lowest BCUT2D eigenvalue weighted by Gasteiger charge is -2.01. The summed E-state index contributed by atoms with van der Waals surface area (Å²) in [5.41, 5.74) is 1.94. The van der Waals surface area contributed by atoms with Crippen LogP contribution in [0.5, 0.6) is 0 Å². The van der Waals surface area contributed by atoms with Crippen LogP contribution >= 0.6 is 0 Å². The predicted molar refractivity (Wildman–Crippen MR) is 65.5 cm³/mol. The van der Waals surface area contributed by atoms with Gasteiger partial charge in [-0.05, 0) is 30.2 Å². The van der Waals surface area contributed by atoms with Crippen molar-refractivity contribution in [1.29, 1.82) is 0 Å². The molecule has 86 valence electrons. The Bertz CT molecular complexity index is 468. The van der Waals surface area contributed by atoms with E-state index in [9.17, 15) is 4.79 Å². The highest BCUT2D eigenvalue weighted by Crippen LogP contribution is 2.03. The molecular formula is C14H14N2O. The second-order valence-electron chi connectivity index (χ2n) is 3.90. The number of ketones is 1. The molecule has 3 nitrogen and oxygen atoms in total. The van der Waals surface area contributed by atoms with Crippen LogP contribution in [0.25, 0.3) is 0 Å². The summed E-state index contributed by atoms with van der Waals surface area (Å²) in [6.07, 6.45) is 6.90. The average Bonchev–Trinajstić information content (AvgIpc) is 2.39. The summed E-state index contributed by atoms with van der Waals surface area (Å²) in [6.45, 7) is 0. The van der Waals surface area contributed by atoms with Crippen LogP contribution in [0.4, 0.5) is 0 Å². The summed E-state index contributed by atoms with van der Waals surface area (Å²) in [4.78, 5) is 19.9. The van der Waals surface area contributed by atoms with Gasteiger partial charge in [-0.25, -0.2) is 0 Å². The Morgan fingerprint density at radius 3 is 2.76 bits per heavy atom. The number of rotatable bonds is 5. The van der Waals surface area contributed by atoms with Crippen molar-refractivity contribution < 1.29 is 4.79 Å². The Hall–Kier alpha value is -2.03. The zero-order valence-corrected chi connectivity index (χ0v) is 9.54. The van der Waals surface area contributed by atoms with Crippen molar-refractivity contribution in [2.24, 2.45) is 0 Å². The number of Topliss-reactive ketones (excluding diaryl/α,β-unsaturated/α-hetero) is 1. The van der Waals surface area contributed by atoms with E-state index in [1.165, 1.54) is 0 Å². The third-order valence-corrected chi connectivity index (χ3v) is 2.51. The number of nitrogens with zero attached hydrogens (tertiary/aromatic N) is 2. The van der Waals surface area contributed by atoms with Crippen LogP contribution in [0.1, 0.15) is 17.7 Å². The lowest BCUT2D eigenvalue weighted by Crippen LogP contribution is -2.05. The molecule has 0 aromatic carbocycles. The lowest BCUT2D eigenvalue weighted by atomic mass is 10.1. The maximum absolute atomic E-state index is 11.7. The first kappa shape index (κ1) is 11.5. The normalized spacial score (nSPS) is 10.1. The van der Waals surface area contributed by atoms with Crippen molar-refractivity contribution in [3.63, 3.8) is 0 Å². The second-order valence-corrected chi connectivity index (χ2v) is 3.90. The van der Waals surface area contributed by atoms with Gasteiger partial charge in [0.25, 0.3) is 0 Å². The van der Waals surface area contributed by atoms with Crippen LogP contribution < -0.4 is 0 Å². The molecule has 2 aromatic rings. The highest BCUT2D eigenvalue weighted by Gasteiger charge is 2.04. The van der Waals surface area contributed by atoms with Crippen molar-refractivity contribution in [3.8, 4) is 0 Å². The molecule has 3 heteroatoms. The summed E-state index contributed by atoms with van der Waals surface area (Å²) in [6, 6.07) is 9.53. The predicted octanol–water partition coefficient (Wildman–Crippen LogP) is 2.22. The van der Waals surface area contributed by atoms with E-state index in [4.69, 9.17) is 0 Å². The minimum Gasteiger partial charge on any atom is -0.299 e. The Morgan fingerprint density at radius 2 is 2.06 bits per heavy atom. The van der Waals surface area contributed by atoms with Gasteiger partial charge in [-0.2, -0.15) is 0 Å². The van der Waals surface area contributed by atoms with Crippen LogP contribution in [0, 0.1) is 0 Å². The summed E-state index contributed by atoms with van der Waals surface area (Å²) in [5, 5.41) is 0. The van der Waals surface area contributed by atoms with E-state index in [1.807, 2.05) is 30.3 Å². The maximum Gasteiger partial charge on any atom is 0.137 e. The fourth-order valence-electron chi connectivity index (χ4n) is 1.63. The van der Waals surface area contributed by atoms with Crippen LogP contribution in [-0.2, 0) is 17.6 Å². The lowest BCUT2D eigenvalue weighted by molar-refractivity contribution is -0.118. The van der Waals surface area contributed by atoms with Crippen molar-refractivity contribution in [3.05, 3.63) is 60.2 Å². The van der Waals surface area contributed by atoms with Gasteiger partial charge in [-0.1, -0.05) is 12.1 Å². The molecule has 17 heavy (non-hydrogen) atoms. The SMILES string of the molecule is O=C(CCc1ccccn1)Cc1cccnc1. The molecule has 0 spiro atoms. The summed E-state index contributed by atoms with van der Waals surface area (Å²) in [7, 11) is 0. The average molecular weight is 226 g/mol. The van der Waals surface area contributed by atoms with Crippen molar-refractivity contribution >= 4 is 5.78 Å². The first-order chi connectivity index (χ1) is 8.34. The smallest absolute Gasteiger partial charge is 0.137 e. The second kappa shape index (κ2) is 5.89. The number of carbonyl (C=O) groups excluding carboxylic acids is 1. The Morgan fingerprint density at radius 1 is 1.12 bits per heavy atom. The molecule has 2 aromatic heterocycles. The molecule has 0 saturated heterocycles. The van der Waals surface area contributed by atoms with Crippen LogP contribution in [0.3, 0.4) is 0 Å². The molecule has 0 bridgehead atoms. The molecule has 0 unspecified atom stereocenters. The van der Waals surface area contributed by atoms with Crippen LogP contribution in [0.15, 0.2) is 48.9 Å². The Labute approximate surface area is 101 Å². The highest BCUT2D eigenvalue weighted by molar-refractivity contribution is 5.80. The van der Waals surface area contributed by atoms with Gasteiger partial charge in [0.1, 0.15) is 5.78 Å². The van der Waals surface area contributed by atoms with Crippen molar-refractivity contribution in [2.75, 3.05) is 0 Å². The number of aromatic nitrogens is 2. The summed E-state index contributed by atoms with van der Waals surface area (Å²) < 4.78 is 0. The molecule has 0 saturated carbocycles. The van der Waals surface area contributed by atoms with Crippen molar-refractivity contribution in [2.45, 2.75) is 19.3 Å². The first-order valence-electron chi connectivity index (χ1n) is 5.65. The summed E-state index contributed by atoms with van der Waals surface area (Å²) >= 11 is 0. The van der Waals surface area contributed by atoms with Gasteiger partial charge in [-0.3, -0.25) is 14.8 Å². The third kappa shape index (κ3) is 3.79. The molecular weight excluding hydrogens is 212 g/mol. The molecule has 0 atom stereocenters. The number of hydrogen-bond donors (Lipinski definition) is 0. The molecule has 0 amide bonds. The Balaban J connectivity index is 1.83. The third-order valence-electron chi connectivity index (χ3n) is 2.51. The quantitative estimate of drug-likeness (QED) is 0.785. The van der Waals surface area contributed by atoms with E-state index in [2.05, 4.69) is 9.97 Å². The van der Waals surface area contributed by atoms with Gasteiger partial charge in [0.2, 0.25) is 0 Å². The molecule has 0 aliphatic rings. The van der Waals surface area contributed by atoms with E-state index < -0.39 is 0 Å². The number of hydrogen-bond acceptors (Lipinski definition) is 3. The van der Waals surface area contributed by atoms with Crippen molar-refractivity contribution in [1.82, 2.24) is 9.97 Å². The zero-order chi connectivity index (χ0) is 11.9. The number of aryl methyl sites for hydroxylation is 1. The molecule has 0 fully saturated rings. The van der Waals surface area contributed by atoms with Gasteiger partial charge >= 0.3 is 0 Å². The number of pyridine rings is 2. The van der Waals surface area contributed by atoms with Gasteiger partial charge in [0.15, 0.2) is 0 Å². The van der Waals surface area contributed by atoms with Gasteiger partial charge < -0.3 is 0 Å².